The molecule has 1 aromatic heterocycles. The van der Waals surface area contributed by atoms with Gasteiger partial charge < -0.3 is 5.32 Å². The van der Waals surface area contributed by atoms with Crippen molar-refractivity contribution in [3.05, 3.63) is 11.4 Å². The zero-order valence-electron chi connectivity index (χ0n) is 15.0. The van der Waals surface area contributed by atoms with Crippen LogP contribution in [0.4, 0.5) is 0 Å². The SMILES string of the molecule is Cc1nn(CC(=O)N[C@]2(C)CCS(=O)(=O)C2)c(C)c1S(=O)(=O)N(C)C. The van der Waals surface area contributed by atoms with Gasteiger partial charge in [-0.05, 0) is 27.2 Å². The highest BCUT2D eigenvalue weighted by Gasteiger charge is 2.39. The number of nitrogens with zero attached hydrogens (tertiary/aromatic N) is 3. The van der Waals surface area contributed by atoms with Gasteiger partial charge >= 0.3 is 0 Å². The molecule has 0 radical (unpaired) electrons. The van der Waals surface area contributed by atoms with Gasteiger partial charge in [-0.2, -0.15) is 5.10 Å². The zero-order valence-corrected chi connectivity index (χ0v) is 16.7. The summed E-state index contributed by atoms with van der Waals surface area (Å²) in [4.78, 5) is 12.4. The minimum absolute atomic E-state index is 0.0505. The standard InChI is InChI=1S/C14H24N4O5S2/c1-10-13(25(22,23)17(4)5)11(2)18(16-10)8-12(19)15-14(3)6-7-24(20,21)9-14/h6-9H2,1-5H3,(H,15,19)/t14-/m1/s1. The first-order valence-electron chi connectivity index (χ1n) is 7.75. The van der Waals surface area contributed by atoms with E-state index in [2.05, 4.69) is 10.4 Å². The lowest BCUT2D eigenvalue weighted by molar-refractivity contribution is -0.123. The minimum atomic E-state index is -3.66. The van der Waals surface area contributed by atoms with Gasteiger partial charge in [-0.1, -0.05) is 0 Å². The Morgan fingerprint density at radius 1 is 1.36 bits per heavy atom. The number of carbonyl (C=O) groups is 1. The van der Waals surface area contributed by atoms with Crippen LogP contribution in [0.1, 0.15) is 24.7 Å². The maximum absolute atomic E-state index is 12.4. The Labute approximate surface area is 148 Å². The van der Waals surface area contributed by atoms with E-state index < -0.39 is 31.3 Å². The summed E-state index contributed by atoms with van der Waals surface area (Å²) in [6.07, 6.45) is 0.360. The molecule has 2 rings (SSSR count). The molecule has 1 saturated heterocycles. The maximum atomic E-state index is 12.4. The van der Waals surface area contributed by atoms with E-state index in [1.54, 1.807) is 20.8 Å². The monoisotopic (exact) mass is 392 g/mol. The number of aryl methyl sites for hydroxylation is 1. The van der Waals surface area contributed by atoms with Gasteiger partial charge in [0.15, 0.2) is 9.84 Å². The molecule has 1 aliphatic rings. The summed E-state index contributed by atoms with van der Waals surface area (Å²) in [6, 6.07) is 0. The second-order valence-corrected chi connectivity index (χ2v) is 11.2. The van der Waals surface area contributed by atoms with E-state index in [9.17, 15) is 21.6 Å². The Bertz CT molecular complexity index is 902. The van der Waals surface area contributed by atoms with E-state index in [4.69, 9.17) is 0 Å². The molecule has 2 heterocycles. The molecule has 11 heteroatoms. The number of hydrogen-bond acceptors (Lipinski definition) is 6. The molecule has 25 heavy (non-hydrogen) atoms. The van der Waals surface area contributed by atoms with E-state index in [1.165, 1.54) is 18.8 Å². The normalized spacial score (nSPS) is 23.1. The highest BCUT2D eigenvalue weighted by Crippen LogP contribution is 2.24. The molecule has 1 aliphatic heterocycles. The van der Waals surface area contributed by atoms with Crippen LogP contribution in [0.3, 0.4) is 0 Å². The van der Waals surface area contributed by atoms with Crippen LogP contribution in [0.25, 0.3) is 0 Å². The molecule has 0 aromatic carbocycles. The van der Waals surface area contributed by atoms with Crippen molar-refractivity contribution >= 4 is 25.8 Å². The van der Waals surface area contributed by atoms with Crippen molar-refractivity contribution in [3.8, 4) is 0 Å². The van der Waals surface area contributed by atoms with Crippen molar-refractivity contribution in [2.75, 3.05) is 25.6 Å². The van der Waals surface area contributed by atoms with Crippen LogP contribution < -0.4 is 5.32 Å². The molecule has 0 spiro atoms. The van der Waals surface area contributed by atoms with E-state index >= 15 is 0 Å². The van der Waals surface area contributed by atoms with Gasteiger partial charge in [-0.25, -0.2) is 21.1 Å². The fraction of sp³-hybridized carbons (Fsp3) is 0.714. The average molecular weight is 393 g/mol. The molecular formula is C14H24N4O5S2. The number of rotatable bonds is 5. The van der Waals surface area contributed by atoms with Crippen LogP contribution in [0.5, 0.6) is 0 Å². The van der Waals surface area contributed by atoms with Gasteiger partial charge in [0.2, 0.25) is 15.9 Å². The molecule has 0 unspecified atom stereocenters. The predicted octanol–water partition coefficient (Wildman–Crippen LogP) is -0.556. The molecule has 1 aromatic rings. The Morgan fingerprint density at radius 2 is 1.96 bits per heavy atom. The molecule has 1 fully saturated rings. The smallest absolute Gasteiger partial charge is 0.246 e. The van der Waals surface area contributed by atoms with Crippen LogP contribution in [-0.4, -0.2) is 68.0 Å². The summed E-state index contributed by atoms with van der Waals surface area (Å²) in [7, 11) is -3.94. The van der Waals surface area contributed by atoms with Crippen LogP contribution in [0.2, 0.25) is 0 Å². The maximum Gasteiger partial charge on any atom is 0.246 e. The van der Waals surface area contributed by atoms with Gasteiger partial charge in [0.05, 0.1) is 28.4 Å². The van der Waals surface area contributed by atoms with E-state index in [-0.39, 0.29) is 22.9 Å². The molecule has 9 nitrogen and oxygen atoms in total. The highest BCUT2D eigenvalue weighted by molar-refractivity contribution is 7.91. The van der Waals surface area contributed by atoms with E-state index in [0.29, 0.717) is 17.8 Å². The Kier molecular flexibility index (Phi) is 5.05. The van der Waals surface area contributed by atoms with Gasteiger partial charge in [0.25, 0.3) is 0 Å². The number of amides is 1. The first-order chi connectivity index (χ1) is 11.3. The summed E-state index contributed by atoms with van der Waals surface area (Å²) < 4.78 is 50.4. The van der Waals surface area contributed by atoms with Gasteiger partial charge in [0, 0.05) is 14.1 Å². The Hall–Kier alpha value is -1.46. The Balaban J connectivity index is 2.21. The number of hydrogen-bond donors (Lipinski definition) is 1. The number of aromatic nitrogens is 2. The quantitative estimate of drug-likeness (QED) is 0.718. The van der Waals surface area contributed by atoms with Crippen LogP contribution >= 0.6 is 0 Å². The zero-order chi connectivity index (χ0) is 19.2. The molecule has 0 aliphatic carbocycles. The highest BCUT2D eigenvalue weighted by atomic mass is 32.2. The number of sulfonamides is 1. The van der Waals surface area contributed by atoms with E-state index in [1.807, 2.05) is 0 Å². The summed E-state index contributed by atoms with van der Waals surface area (Å²) >= 11 is 0. The lowest BCUT2D eigenvalue weighted by Gasteiger charge is -2.24. The van der Waals surface area contributed by atoms with Crippen molar-refractivity contribution < 1.29 is 21.6 Å². The van der Waals surface area contributed by atoms with Crippen molar-refractivity contribution in [1.82, 2.24) is 19.4 Å². The number of sulfone groups is 1. The third-order valence-corrected chi connectivity index (χ3v) is 8.26. The number of carbonyl (C=O) groups excluding carboxylic acids is 1. The molecular weight excluding hydrogens is 368 g/mol. The topological polar surface area (TPSA) is 118 Å². The van der Waals surface area contributed by atoms with Crippen molar-refractivity contribution in [2.24, 2.45) is 0 Å². The second-order valence-electron chi connectivity index (χ2n) is 6.90. The second kappa shape index (κ2) is 6.36. The summed E-state index contributed by atoms with van der Waals surface area (Å²) in [6.45, 7) is 4.68. The van der Waals surface area contributed by atoms with E-state index in [0.717, 1.165) is 4.31 Å². The molecule has 0 bridgehead atoms. The van der Waals surface area contributed by atoms with Crippen molar-refractivity contribution in [3.63, 3.8) is 0 Å². The Morgan fingerprint density at radius 3 is 2.44 bits per heavy atom. The summed E-state index contributed by atoms with van der Waals surface area (Å²) in [5.41, 5.74) is -0.121. The van der Waals surface area contributed by atoms with Gasteiger partial charge in [0.1, 0.15) is 11.4 Å². The first-order valence-corrected chi connectivity index (χ1v) is 11.0. The van der Waals surface area contributed by atoms with Crippen LogP contribution in [0, 0.1) is 13.8 Å². The van der Waals surface area contributed by atoms with Crippen molar-refractivity contribution in [2.45, 2.75) is 44.2 Å². The fourth-order valence-corrected chi connectivity index (χ4v) is 6.36. The molecule has 142 valence electrons. The molecule has 1 amide bonds. The third kappa shape index (κ3) is 4.04. The first kappa shape index (κ1) is 19.9. The van der Waals surface area contributed by atoms with Gasteiger partial charge in [-0.3, -0.25) is 9.48 Å². The fourth-order valence-electron chi connectivity index (χ4n) is 3.01. The lowest BCUT2D eigenvalue weighted by atomic mass is 10.0. The predicted molar refractivity (Wildman–Crippen MR) is 92.4 cm³/mol. The van der Waals surface area contributed by atoms with Crippen LogP contribution in [0.15, 0.2) is 4.90 Å². The minimum Gasteiger partial charge on any atom is -0.348 e. The lowest BCUT2D eigenvalue weighted by Crippen LogP contribution is -2.48. The molecule has 1 N–H and O–H groups in total. The number of nitrogens with one attached hydrogen (secondary N) is 1. The molecule has 0 saturated carbocycles. The van der Waals surface area contributed by atoms with Crippen molar-refractivity contribution in [1.29, 1.82) is 0 Å². The van der Waals surface area contributed by atoms with Gasteiger partial charge in [-0.15, -0.1) is 0 Å². The largest absolute Gasteiger partial charge is 0.348 e. The van der Waals surface area contributed by atoms with Crippen LogP contribution in [-0.2, 0) is 31.2 Å². The molecule has 1 atom stereocenters. The third-order valence-electron chi connectivity index (χ3n) is 4.29. The summed E-state index contributed by atoms with van der Waals surface area (Å²) in [5, 5.41) is 6.89. The average Bonchev–Trinajstić information content (AvgIpc) is 2.85. The summed E-state index contributed by atoms with van der Waals surface area (Å²) in [5.74, 6) is -0.447.